The lowest BCUT2D eigenvalue weighted by molar-refractivity contribution is 0.307. The van der Waals surface area contributed by atoms with Gasteiger partial charge in [0.25, 0.3) is 0 Å². The van der Waals surface area contributed by atoms with E-state index in [1.54, 1.807) is 0 Å². The van der Waals surface area contributed by atoms with Gasteiger partial charge >= 0.3 is 0 Å². The van der Waals surface area contributed by atoms with Crippen molar-refractivity contribution in [3.63, 3.8) is 0 Å². The molecule has 0 atom stereocenters. The number of halogens is 2. The van der Waals surface area contributed by atoms with E-state index >= 15 is 0 Å². The van der Waals surface area contributed by atoms with Crippen molar-refractivity contribution in [2.45, 2.75) is 56.9 Å². The zero-order valence-electron chi connectivity index (χ0n) is 10.7. The third-order valence-electron chi connectivity index (χ3n) is 3.94. The van der Waals surface area contributed by atoms with Gasteiger partial charge in [-0.05, 0) is 31.4 Å². The standard InChI is InChI=1S/C15H21F2N/c16-13-7-6-8-14(17)12(13)11-15(18)9-4-2-1-3-5-10-15/h6-8H,1-5,9-11,18H2. The summed E-state index contributed by atoms with van der Waals surface area (Å²) in [5.74, 6) is -0.941. The number of nitrogens with two attached hydrogens (primary N) is 1. The van der Waals surface area contributed by atoms with E-state index in [0.29, 0.717) is 6.42 Å². The molecule has 0 saturated heterocycles. The van der Waals surface area contributed by atoms with Crippen LogP contribution in [0.4, 0.5) is 8.78 Å². The Morgan fingerprint density at radius 1 is 0.944 bits per heavy atom. The summed E-state index contributed by atoms with van der Waals surface area (Å²) in [6, 6.07) is 4.02. The van der Waals surface area contributed by atoms with Crippen LogP contribution in [0.15, 0.2) is 18.2 Å². The number of benzene rings is 1. The molecule has 2 rings (SSSR count). The highest BCUT2D eigenvalue weighted by Gasteiger charge is 2.28. The molecule has 1 aliphatic carbocycles. The van der Waals surface area contributed by atoms with Crippen molar-refractivity contribution >= 4 is 0 Å². The Labute approximate surface area is 107 Å². The van der Waals surface area contributed by atoms with E-state index in [2.05, 4.69) is 0 Å². The minimum Gasteiger partial charge on any atom is -0.325 e. The Hall–Kier alpha value is -0.960. The van der Waals surface area contributed by atoms with Crippen LogP contribution in [0.1, 0.15) is 50.5 Å². The highest BCUT2D eigenvalue weighted by Crippen LogP contribution is 2.29. The quantitative estimate of drug-likeness (QED) is 0.848. The molecule has 18 heavy (non-hydrogen) atoms. The largest absolute Gasteiger partial charge is 0.325 e. The Morgan fingerprint density at radius 3 is 2.00 bits per heavy atom. The van der Waals surface area contributed by atoms with E-state index in [0.717, 1.165) is 25.7 Å². The lowest BCUT2D eigenvalue weighted by atomic mass is 9.80. The maximum atomic E-state index is 13.7. The van der Waals surface area contributed by atoms with E-state index in [9.17, 15) is 8.78 Å². The SMILES string of the molecule is NC1(Cc2c(F)cccc2F)CCCCCCC1. The molecule has 0 bridgehead atoms. The van der Waals surface area contributed by atoms with Crippen molar-refractivity contribution in [3.05, 3.63) is 35.4 Å². The molecule has 1 aliphatic rings. The molecule has 0 spiro atoms. The third kappa shape index (κ3) is 3.29. The van der Waals surface area contributed by atoms with E-state index in [4.69, 9.17) is 5.73 Å². The molecule has 1 aromatic rings. The van der Waals surface area contributed by atoms with Gasteiger partial charge in [0, 0.05) is 11.1 Å². The molecule has 100 valence electrons. The second-order valence-corrected chi connectivity index (χ2v) is 5.51. The smallest absolute Gasteiger partial charge is 0.129 e. The van der Waals surface area contributed by atoms with Gasteiger partial charge in [0.1, 0.15) is 11.6 Å². The Morgan fingerprint density at radius 2 is 1.44 bits per heavy atom. The Balaban J connectivity index is 2.14. The van der Waals surface area contributed by atoms with Gasteiger partial charge in [-0.15, -0.1) is 0 Å². The summed E-state index contributed by atoms with van der Waals surface area (Å²) in [6.07, 6.45) is 7.77. The third-order valence-corrected chi connectivity index (χ3v) is 3.94. The topological polar surface area (TPSA) is 26.0 Å². The van der Waals surface area contributed by atoms with Crippen LogP contribution in [0.5, 0.6) is 0 Å². The first kappa shape index (κ1) is 13.5. The fourth-order valence-electron chi connectivity index (χ4n) is 2.84. The van der Waals surface area contributed by atoms with Crippen LogP contribution in [-0.2, 0) is 6.42 Å². The number of hydrogen-bond donors (Lipinski definition) is 1. The lowest BCUT2D eigenvalue weighted by Gasteiger charge is -2.31. The van der Waals surface area contributed by atoms with E-state index in [1.807, 2.05) is 0 Å². The predicted octanol–water partition coefficient (Wildman–Crippen LogP) is 3.95. The maximum absolute atomic E-state index is 13.7. The van der Waals surface area contributed by atoms with Crippen LogP contribution in [0.2, 0.25) is 0 Å². The van der Waals surface area contributed by atoms with Crippen molar-refractivity contribution in [2.75, 3.05) is 0 Å². The van der Waals surface area contributed by atoms with Crippen LogP contribution in [0.25, 0.3) is 0 Å². The highest BCUT2D eigenvalue weighted by molar-refractivity contribution is 5.22. The van der Waals surface area contributed by atoms with Crippen molar-refractivity contribution in [1.29, 1.82) is 0 Å². The summed E-state index contributed by atoms with van der Waals surface area (Å²) in [5.41, 5.74) is 6.08. The highest BCUT2D eigenvalue weighted by atomic mass is 19.1. The molecule has 0 aromatic heterocycles. The molecular formula is C15H21F2N. The molecular weight excluding hydrogens is 232 g/mol. The van der Waals surface area contributed by atoms with Crippen LogP contribution in [0.3, 0.4) is 0 Å². The predicted molar refractivity (Wildman–Crippen MR) is 69.3 cm³/mol. The monoisotopic (exact) mass is 253 g/mol. The van der Waals surface area contributed by atoms with Crippen LogP contribution in [-0.4, -0.2) is 5.54 Å². The van der Waals surface area contributed by atoms with Crippen LogP contribution < -0.4 is 5.73 Å². The Kier molecular flexibility index (Phi) is 4.33. The second-order valence-electron chi connectivity index (χ2n) is 5.51. The first-order valence-electron chi connectivity index (χ1n) is 6.82. The summed E-state index contributed by atoms with van der Waals surface area (Å²) in [7, 11) is 0. The molecule has 0 unspecified atom stereocenters. The molecule has 1 saturated carbocycles. The first-order chi connectivity index (χ1) is 8.61. The van der Waals surface area contributed by atoms with Crippen molar-refractivity contribution in [2.24, 2.45) is 5.73 Å². The number of hydrogen-bond acceptors (Lipinski definition) is 1. The molecule has 1 nitrogen and oxygen atoms in total. The summed E-state index contributed by atoms with van der Waals surface area (Å²) in [6.45, 7) is 0. The molecule has 0 amide bonds. The van der Waals surface area contributed by atoms with Crippen LogP contribution >= 0.6 is 0 Å². The molecule has 0 aliphatic heterocycles. The maximum Gasteiger partial charge on any atom is 0.129 e. The summed E-state index contributed by atoms with van der Waals surface area (Å²) >= 11 is 0. The van der Waals surface area contributed by atoms with Gasteiger partial charge in [0.15, 0.2) is 0 Å². The molecule has 3 heteroatoms. The minimum atomic E-state index is -0.470. The zero-order valence-corrected chi connectivity index (χ0v) is 10.7. The fraction of sp³-hybridized carbons (Fsp3) is 0.600. The molecule has 1 aromatic carbocycles. The second kappa shape index (κ2) is 5.79. The van der Waals surface area contributed by atoms with Gasteiger partial charge < -0.3 is 5.73 Å². The molecule has 1 fully saturated rings. The number of rotatable bonds is 2. The molecule has 2 N–H and O–H groups in total. The minimum absolute atomic E-state index is 0.153. The zero-order chi connectivity index (χ0) is 13.0. The van der Waals surface area contributed by atoms with Gasteiger partial charge in [0.2, 0.25) is 0 Å². The summed E-state index contributed by atoms with van der Waals surface area (Å²) in [5, 5.41) is 0. The van der Waals surface area contributed by atoms with Crippen LogP contribution in [0, 0.1) is 11.6 Å². The van der Waals surface area contributed by atoms with Gasteiger partial charge in [-0.3, -0.25) is 0 Å². The lowest BCUT2D eigenvalue weighted by Crippen LogP contribution is -2.43. The van der Waals surface area contributed by atoms with Crippen molar-refractivity contribution < 1.29 is 8.78 Å². The van der Waals surface area contributed by atoms with Crippen molar-refractivity contribution in [1.82, 2.24) is 0 Å². The Bertz CT molecular complexity index is 375. The van der Waals surface area contributed by atoms with E-state index in [-0.39, 0.29) is 5.56 Å². The van der Waals surface area contributed by atoms with Gasteiger partial charge in [-0.2, -0.15) is 0 Å². The van der Waals surface area contributed by atoms with E-state index < -0.39 is 17.2 Å². The molecule has 0 heterocycles. The van der Waals surface area contributed by atoms with Gasteiger partial charge in [-0.1, -0.05) is 38.2 Å². The first-order valence-corrected chi connectivity index (χ1v) is 6.82. The normalized spacial score (nSPS) is 20.2. The summed E-state index contributed by atoms with van der Waals surface area (Å²) in [4.78, 5) is 0. The van der Waals surface area contributed by atoms with E-state index in [1.165, 1.54) is 37.5 Å². The van der Waals surface area contributed by atoms with Crippen molar-refractivity contribution in [3.8, 4) is 0 Å². The summed E-state index contributed by atoms with van der Waals surface area (Å²) < 4.78 is 27.3. The van der Waals surface area contributed by atoms with Gasteiger partial charge in [0.05, 0.1) is 0 Å². The average molecular weight is 253 g/mol. The van der Waals surface area contributed by atoms with Gasteiger partial charge in [-0.25, -0.2) is 8.78 Å². The fourth-order valence-corrected chi connectivity index (χ4v) is 2.84. The molecule has 0 radical (unpaired) electrons. The average Bonchev–Trinajstić information content (AvgIpc) is 2.30.